The third-order valence-electron chi connectivity index (χ3n) is 2.59. The molecule has 0 aliphatic carbocycles. The van der Waals surface area contributed by atoms with Crippen LogP contribution in [0.15, 0.2) is 24.3 Å². The van der Waals surface area contributed by atoms with Gasteiger partial charge in [-0.25, -0.2) is 4.79 Å². The Hall–Kier alpha value is -2.24. The first kappa shape index (κ1) is 14.8. The van der Waals surface area contributed by atoms with E-state index in [0.717, 1.165) is 18.5 Å². The zero-order valence-corrected chi connectivity index (χ0v) is 10.8. The molecule has 6 heteroatoms. The molecule has 19 heavy (non-hydrogen) atoms. The number of hydrogen-bond acceptors (Lipinski definition) is 3. The van der Waals surface area contributed by atoms with E-state index in [4.69, 9.17) is 10.2 Å². The van der Waals surface area contributed by atoms with E-state index in [0.29, 0.717) is 12.2 Å². The maximum absolute atomic E-state index is 10.8. The molecular weight excluding hydrogens is 248 g/mol. The number of aliphatic carboxylic acids is 1. The lowest BCUT2D eigenvalue weighted by Crippen LogP contribution is -2.30. The number of rotatable bonds is 7. The smallest absolute Gasteiger partial charge is 0.409 e. The van der Waals surface area contributed by atoms with Crippen molar-refractivity contribution in [2.45, 2.75) is 19.8 Å². The van der Waals surface area contributed by atoms with Crippen LogP contribution in [0.4, 0.5) is 16.2 Å². The molecule has 0 saturated carbocycles. The van der Waals surface area contributed by atoms with Crippen molar-refractivity contribution < 1.29 is 19.8 Å². The highest BCUT2D eigenvalue weighted by Crippen LogP contribution is 2.18. The van der Waals surface area contributed by atoms with E-state index in [1.807, 2.05) is 6.92 Å². The van der Waals surface area contributed by atoms with E-state index in [9.17, 15) is 9.59 Å². The molecule has 0 saturated heterocycles. The highest BCUT2D eigenvalue weighted by molar-refractivity contribution is 5.83. The van der Waals surface area contributed by atoms with Crippen LogP contribution in [0.25, 0.3) is 0 Å². The number of anilines is 2. The molecule has 1 aromatic carbocycles. The summed E-state index contributed by atoms with van der Waals surface area (Å²) >= 11 is 0. The third-order valence-corrected chi connectivity index (χ3v) is 2.59. The first-order valence-corrected chi connectivity index (χ1v) is 6.09. The summed E-state index contributed by atoms with van der Waals surface area (Å²) in [4.78, 5) is 23.1. The van der Waals surface area contributed by atoms with Crippen LogP contribution in [-0.2, 0) is 4.79 Å². The number of nitrogens with one attached hydrogen (secondary N) is 1. The van der Waals surface area contributed by atoms with Crippen molar-refractivity contribution >= 4 is 23.4 Å². The Labute approximate surface area is 111 Å². The van der Waals surface area contributed by atoms with Gasteiger partial charge in [-0.05, 0) is 30.7 Å². The van der Waals surface area contributed by atoms with Gasteiger partial charge >= 0.3 is 12.1 Å². The van der Waals surface area contributed by atoms with Crippen molar-refractivity contribution in [1.29, 1.82) is 0 Å². The molecular formula is C13H18N2O4. The predicted octanol–water partition coefficient (Wildman–Crippen LogP) is 2.47. The molecule has 0 unspecified atom stereocenters. The van der Waals surface area contributed by atoms with E-state index >= 15 is 0 Å². The minimum Gasteiger partial charge on any atom is -0.480 e. The number of hydrogen-bond donors (Lipinski definition) is 3. The Bertz CT molecular complexity index is 431. The van der Waals surface area contributed by atoms with Gasteiger partial charge in [0.25, 0.3) is 0 Å². The molecule has 3 N–H and O–H groups in total. The quantitative estimate of drug-likeness (QED) is 0.705. The molecule has 0 heterocycles. The largest absolute Gasteiger partial charge is 0.480 e. The van der Waals surface area contributed by atoms with Gasteiger partial charge in [0.2, 0.25) is 0 Å². The molecule has 0 spiro atoms. The van der Waals surface area contributed by atoms with Gasteiger partial charge in [-0.1, -0.05) is 13.3 Å². The number of carboxylic acids is 1. The Balaban J connectivity index is 2.77. The summed E-state index contributed by atoms with van der Waals surface area (Å²) in [6, 6.07) is 6.66. The minimum atomic E-state index is -1.12. The Morgan fingerprint density at radius 2 is 1.84 bits per heavy atom. The fourth-order valence-electron chi connectivity index (χ4n) is 1.69. The van der Waals surface area contributed by atoms with Crippen molar-refractivity contribution in [1.82, 2.24) is 0 Å². The van der Waals surface area contributed by atoms with E-state index in [2.05, 4.69) is 5.32 Å². The summed E-state index contributed by atoms with van der Waals surface area (Å²) in [7, 11) is 0. The second-order valence-corrected chi connectivity index (χ2v) is 4.15. The van der Waals surface area contributed by atoms with Crippen LogP contribution >= 0.6 is 0 Å². The van der Waals surface area contributed by atoms with Crippen LogP contribution < -0.4 is 10.2 Å². The van der Waals surface area contributed by atoms with Crippen molar-refractivity contribution in [2.75, 3.05) is 23.3 Å². The fourth-order valence-corrected chi connectivity index (χ4v) is 1.69. The summed E-state index contributed by atoms with van der Waals surface area (Å²) in [5.41, 5.74) is 1.23. The SMILES string of the molecule is CCCCN(CC(=O)O)c1ccc(NC(=O)O)cc1. The van der Waals surface area contributed by atoms with Gasteiger partial charge < -0.3 is 15.1 Å². The second kappa shape index (κ2) is 7.25. The van der Waals surface area contributed by atoms with Crippen molar-refractivity contribution in [3.8, 4) is 0 Å². The molecule has 0 atom stereocenters. The Morgan fingerprint density at radius 1 is 1.21 bits per heavy atom. The number of nitrogens with zero attached hydrogens (tertiary/aromatic N) is 1. The van der Waals surface area contributed by atoms with Crippen molar-refractivity contribution in [3.63, 3.8) is 0 Å². The summed E-state index contributed by atoms with van der Waals surface area (Å²) in [5.74, 6) is -0.885. The Kier molecular flexibility index (Phi) is 5.66. The van der Waals surface area contributed by atoms with Gasteiger partial charge in [0, 0.05) is 17.9 Å². The van der Waals surface area contributed by atoms with E-state index in [1.165, 1.54) is 0 Å². The monoisotopic (exact) mass is 266 g/mol. The first-order chi connectivity index (χ1) is 9.02. The summed E-state index contributed by atoms with van der Waals surface area (Å²) in [5, 5.41) is 19.7. The molecule has 0 fully saturated rings. The second-order valence-electron chi connectivity index (χ2n) is 4.15. The van der Waals surface area contributed by atoms with Crippen LogP contribution in [0.1, 0.15) is 19.8 Å². The average molecular weight is 266 g/mol. The summed E-state index contributed by atoms with van der Waals surface area (Å²) in [6.07, 6.45) is 0.762. The average Bonchev–Trinajstić information content (AvgIpc) is 2.34. The molecule has 6 nitrogen and oxygen atoms in total. The molecule has 0 bridgehead atoms. The lowest BCUT2D eigenvalue weighted by Gasteiger charge is -2.22. The molecule has 1 amide bonds. The fraction of sp³-hybridized carbons (Fsp3) is 0.385. The highest BCUT2D eigenvalue weighted by Gasteiger charge is 2.10. The maximum atomic E-state index is 10.8. The molecule has 0 aliphatic rings. The molecule has 104 valence electrons. The number of benzene rings is 1. The van der Waals surface area contributed by atoms with Crippen LogP contribution in [-0.4, -0.2) is 35.4 Å². The third kappa shape index (κ3) is 5.29. The predicted molar refractivity (Wildman–Crippen MR) is 72.8 cm³/mol. The lowest BCUT2D eigenvalue weighted by atomic mass is 10.2. The minimum absolute atomic E-state index is 0.0638. The van der Waals surface area contributed by atoms with E-state index < -0.39 is 12.1 Å². The number of unbranched alkanes of at least 4 members (excludes halogenated alkanes) is 1. The highest BCUT2D eigenvalue weighted by atomic mass is 16.4. The van der Waals surface area contributed by atoms with Crippen LogP contribution in [0, 0.1) is 0 Å². The van der Waals surface area contributed by atoms with E-state index in [1.54, 1.807) is 29.2 Å². The van der Waals surface area contributed by atoms with Gasteiger partial charge in [-0.15, -0.1) is 0 Å². The zero-order chi connectivity index (χ0) is 14.3. The van der Waals surface area contributed by atoms with Crippen molar-refractivity contribution in [2.24, 2.45) is 0 Å². The zero-order valence-electron chi connectivity index (χ0n) is 10.8. The van der Waals surface area contributed by atoms with Gasteiger partial charge in [-0.2, -0.15) is 0 Å². The summed E-state index contributed by atoms with van der Waals surface area (Å²) < 4.78 is 0. The normalized spacial score (nSPS) is 9.95. The van der Waals surface area contributed by atoms with E-state index in [-0.39, 0.29) is 6.54 Å². The Morgan fingerprint density at radius 3 is 2.32 bits per heavy atom. The molecule has 1 rings (SSSR count). The standard InChI is InChI=1S/C13H18N2O4/c1-2-3-8-15(9-12(16)17)11-6-4-10(5-7-11)14-13(18)19/h4-7,14H,2-3,8-9H2,1H3,(H,16,17)(H,18,19). The van der Waals surface area contributed by atoms with Gasteiger partial charge in [0.1, 0.15) is 6.54 Å². The lowest BCUT2D eigenvalue weighted by molar-refractivity contribution is -0.135. The van der Waals surface area contributed by atoms with Crippen LogP contribution in [0.5, 0.6) is 0 Å². The molecule has 0 aromatic heterocycles. The molecule has 0 aliphatic heterocycles. The summed E-state index contributed by atoms with van der Waals surface area (Å²) in [6.45, 7) is 2.64. The number of amides is 1. The molecule has 1 aromatic rings. The van der Waals surface area contributed by atoms with Crippen LogP contribution in [0.3, 0.4) is 0 Å². The first-order valence-electron chi connectivity index (χ1n) is 6.09. The topological polar surface area (TPSA) is 89.9 Å². The van der Waals surface area contributed by atoms with Crippen molar-refractivity contribution in [3.05, 3.63) is 24.3 Å². The van der Waals surface area contributed by atoms with Gasteiger partial charge in [0.15, 0.2) is 0 Å². The number of carbonyl (C=O) groups is 2. The number of carboxylic acid groups (broad SMARTS) is 2. The van der Waals surface area contributed by atoms with Gasteiger partial charge in [-0.3, -0.25) is 10.1 Å². The van der Waals surface area contributed by atoms with Gasteiger partial charge in [0.05, 0.1) is 0 Å². The molecule has 0 radical (unpaired) electrons. The van der Waals surface area contributed by atoms with Crippen LogP contribution in [0.2, 0.25) is 0 Å². The maximum Gasteiger partial charge on any atom is 0.409 e.